The Morgan fingerprint density at radius 3 is 1.65 bits per heavy atom. The Hall–Kier alpha value is -6.32. The van der Waals surface area contributed by atoms with Crippen molar-refractivity contribution in [3.8, 4) is 33.4 Å². The summed E-state index contributed by atoms with van der Waals surface area (Å²) in [5.74, 6) is 0.897. The van der Waals surface area contributed by atoms with E-state index < -0.39 is 0 Å². The van der Waals surface area contributed by atoms with Crippen LogP contribution in [0.2, 0.25) is 0 Å². The van der Waals surface area contributed by atoms with Crippen LogP contribution in [0.25, 0.3) is 65.7 Å². The van der Waals surface area contributed by atoms with E-state index in [-0.39, 0.29) is 6.17 Å². The zero-order chi connectivity index (χ0) is 32.7. The van der Waals surface area contributed by atoms with Gasteiger partial charge >= 0.3 is 0 Å². The van der Waals surface area contributed by atoms with E-state index in [4.69, 9.17) is 9.98 Å². The van der Waals surface area contributed by atoms with E-state index in [0.29, 0.717) is 0 Å². The molecule has 1 atom stereocenters. The summed E-state index contributed by atoms with van der Waals surface area (Å²) in [5, 5.41) is 7.70. The second-order valence-corrected chi connectivity index (χ2v) is 12.7. The van der Waals surface area contributed by atoms with Crippen molar-refractivity contribution in [1.29, 1.82) is 0 Å². The summed E-state index contributed by atoms with van der Waals surface area (Å²) < 4.78 is 0. The number of aliphatic imine (C=N–C) groups is 2. The normalized spacial score (nSPS) is 14.4. The van der Waals surface area contributed by atoms with E-state index in [1.54, 1.807) is 6.34 Å². The van der Waals surface area contributed by atoms with Gasteiger partial charge in [-0.05, 0) is 89.5 Å². The molecule has 1 heterocycles. The highest BCUT2D eigenvalue weighted by molar-refractivity contribution is 6.25. The third-order valence-electron chi connectivity index (χ3n) is 9.79. The highest BCUT2D eigenvalue weighted by atomic mass is 15.3. The molecule has 9 rings (SSSR count). The number of benzene rings is 8. The SMILES string of the molecule is CN1C(c2cccc(-c3ccccc3-c3ccc4c5ccccc5c5ccccc5c4c3)c2)=NC=NC1c1cccc(-c2ccccc2)c1. The minimum absolute atomic E-state index is 0.171. The van der Waals surface area contributed by atoms with Gasteiger partial charge in [0.2, 0.25) is 0 Å². The topological polar surface area (TPSA) is 28.0 Å². The lowest BCUT2D eigenvalue weighted by Crippen LogP contribution is -2.33. The second-order valence-electron chi connectivity index (χ2n) is 12.7. The van der Waals surface area contributed by atoms with Crippen LogP contribution in [0, 0.1) is 0 Å². The van der Waals surface area contributed by atoms with E-state index in [9.17, 15) is 0 Å². The van der Waals surface area contributed by atoms with Gasteiger partial charge in [-0.15, -0.1) is 0 Å². The van der Waals surface area contributed by atoms with Crippen molar-refractivity contribution < 1.29 is 0 Å². The molecule has 1 aliphatic heterocycles. The standard InChI is InChI=1S/C46H33N3/c1-49-45(35-17-11-15-32(27-35)31-13-3-2-4-14-31)47-30-48-46(49)36-18-12-16-33(28-36)37-19-5-6-20-38(37)34-25-26-43-41-23-8-7-21-39(41)40-22-9-10-24-42(40)44(43)29-34/h2-30,45H,1H3. The van der Waals surface area contributed by atoms with Crippen LogP contribution in [0.15, 0.2) is 180 Å². The van der Waals surface area contributed by atoms with Crippen LogP contribution in [0.5, 0.6) is 0 Å². The van der Waals surface area contributed by atoms with Gasteiger partial charge in [0.25, 0.3) is 0 Å². The quantitative estimate of drug-likeness (QED) is 0.175. The molecule has 0 amide bonds. The maximum atomic E-state index is 4.80. The molecule has 3 nitrogen and oxygen atoms in total. The third kappa shape index (κ3) is 5.08. The van der Waals surface area contributed by atoms with E-state index in [1.807, 2.05) is 6.07 Å². The number of nitrogens with zero attached hydrogens (tertiary/aromatic N) is 3. The molecule has 0 spiro atoms. The minimum atomic E-state index is -0.171. The number of fused-ring (bicyclic) bond motifs is 6. The van der Waals surface area contributed by atoms with Crippen molar-refractivity contribution in [1.82, 2.24) is 4.90 Å². The fourth-order valence-electron chi connectivity index (χ4n) is 7.44. The molecule has 0 fully saturated rings. The molecule has 8 aromatic carbocycles. The minimum Gasteiger partial charge on any atom is -0.333 e. The Balaban J connectivity index is 1.09. The van der Waals surface area contributed by atoms with E-state index in [2.05, 4.69) is 176 Å². The average molecular weight is 628 g/mol. The van der Waals surface area contributed by atoms with Crippen LogP contribution in [0.1, 0.15) is 17.3 Å². The molecule has 49 heavy (non-hydrogen) atoms. The van der Waals surface area contributed by atoms with E-state index >= 15 is 0 Å². The largest absolute Gasteiger partial charge is 0.333 e. The average Bonchev–Trinajstić information content (AvgIpc) is 3.18. The number of rotatable bonds is 5. The number of hydrogen-bond acceptors (Lipinski definition) is 3. The molecular weight excluding hydrogens is 595 g/mol. The summed E-state index contributed by atoms with van der Waals surface area (Å²) in [6.45, 7) is 0. The van der Waals surface area contributed by atoms with Gasteiger partial charge in [-0.1, -0.05) is 152 Å². The molecule has 0 saturated heterocycles. The predicted octanol–water partition coefficient (Wildman–Crippen LogP) is 11.6. The van der Waals surface area contributed by atoms with Gasteiger partial charge in [-0.3, -0.25) is 0 Å². The van der Waals surface area contributed by atoms with Gasteiger partial charge in [0.1, 0.15) is 18.3 Å². The molecule has 3 heteroatoms. The van der Waals surface area contributed by atoms with Gasteiger partial charge in [0.15, 0.2) is 0 Å². The van der Waals surface area contributed by atoms with Gasteiger partial charge < -0.3 is 4.90 Å². The molecule has 0 radical (unpaired) electrons. The highest BCUT2D eigenvalue weighted by Crippen LogP contribution is 2.39. The third-order valence-corrected chi connectivity index (χ3v) is 9.79. The molecule has 0 saturated carbocycles. The van der Waals surface area contributed by atoms with Gasteiger partial charge in [-0.2, -0.15) is 0 Å². The Morgan fingerprint density at radius 2 is 0.939 bits per heavy atom. The number of amidine groups is 1. The Morgan fingerprint density at radius 1 is 0.408 bits per heavy atom. The van der Waals surface area contributed by atoms with Gasteiger partial charge in [0.05, 0.1) is 0 Å². The van der Waals surface area contributed by atoms with Crippen LogP contribution < -0.4 is 0 Å². The van der Waals surface area contributed by atoms with Crippen LogP contribution in [-0.4, -0.2) is 24.1 Å². The van der Waals surface area contributed by atoms with Crippen LogP contribution >= 0.6 is 0 Å². The molecule has 0 bridgehead atoms. The highest BCUT2D eigenvalue weighted by Gasteiger charge is 2.24. The van der Waals surface area contributed by atoms with E-state index in [1.165, 1.54) is 60.1 Å². The lowest BCUT2D eigenvalue weighted by molar-refractivity contribution is 0.384. The summed E-state index contributed by atoms with van der Waals surface area (Å²) in [5.41, 5.74) is 9.30. The summed E-state index contributed by atoms with van der Waals surface area (Å²) >= 11 is 0. The summed E-state index contributed by atoms with van der Waals surface area (Å²) in [6, 6.07) is 61.0. The first-order chi connectivity index (χ1) is 24.2. The monoisotopic (exact) mass is 627 g/mol. The predicted molar refractivity (Wildman–Crippen MR) is 207 cm³/mol. The zero-order valence-electron chi connectivity index (χ0n) is 27.2. The lowest BCUT2D eigenvalue weighted by Gasteiger charge is -2.31. The smallest absolute Gasteiger partial charge is 0.149 e. The van der Waals surface area contributed by atoms with E-state index in [0.717, 1.165) is 22.5 Å². The molecule has 232 valence electrons. The Bertz CT molecular complexity index is 2550. The van der Waals surface area contributed by atoms with Gasteiger partial charge in [0, 0.05) is 12.6 Å². The van der Waals surface area contributed by atoms with Crippen LogP contribution in [0.3, 0.4) is 0 Å². The molecule has 0 aliphatic carbocycles. The van der Waals surface area contributed by atoms with Crippen LogP contribution in [-0.2, 0) is 0 Å². The maximum absolute atomic E-state index is 4.80. The van der Waals surface area contributed by atoms with Gasteiger partial charge in [-0.25, -0.2) is 9.98 Å². The molecule has 1 aliphatic rings. The first kappa shape index (κ1) is 28.9. The first-order valence-corrected chi connectivity index (χ1v) is 16.7. The van der Waals surface area contributed by atoms with Crippen molar-refractivity contribution in [3.05, 3.63) is 181 Å². The van der Waals surface area contributed by atoms with Crippen molar-refractivity contribution >= 4 is 44.5 Å². The summed E-state index contributed by atoms with van der Waals surface area (Å²) in [7, 11) is 2.08. The molecule has 0 aromatic heterocycles. The van der Waals surface area contributed by atoms with Crippen molar-refractivity contribution in [2.24, 2.45) is 9.98 Å². The lowest BCUT2D eigenvalue weighted by atomic mass is 9.89. The summed E-state index contributed by atoms with van der Waals surface area (Å²) in [4.78, 5) is 11.8. The van der Waals surface area contributed by atoms with Crippen molar-refractivity contribution in [2.45, 2.75) is 6.17 Å². The fourth-order valence-corrected chi connectivity index (χ4v) is 7.44. The van der Waals surface area contributed by atoms with Crippen molar-refractivity contribution in [2.75, 3.05) is 7.05 Å². The molecule has 8 aromatic rings. The van der Waals surface area contributed by atoms with Crippen molar-refractivity contribution in [3.63, 3.8) is 0 Å². The molecule has 0 N–H and O–H groups in total. The molecule has 1 unspecified atom stereocenters. The molecular formula is C46H33N3. The summed E-state index contributed by atoms with van der Waals surface area (Å²) in [6.07, 6.45) is 1.54. The fraction of sp³-hybridized carbons (Fsp3) is 0.0435. The Kier molecular flexibility index (Phi) is 7.09. The Labute approximate surface area is 286 Å². The van der Waals surface area contributed by atoms with Crippen LogP contribution in [0.4, 0.5) is 0 Å². The maximum Gasteiger partial charge on any atom is 0.149 e. The first-order valence-electron chi connectivity index (χ1n) is 16.7. The second kappa shape index (κ2) is 12.0. The number of hydrogen-bond donors (Lipinski definition) is 0. The zero-order valence-corrected chi connectivity index (χ0v) is 27.2.